The number of likely N-dealkylation sites (tertiary alicyclic amines) is 1. The molecule has 3 N–H and O–H groups in total. The number of carbonyl (C=O) groups is 3. The Balaban J connectivity index is 0.00000484. The van der Waals surface area contributed by atoms with Crippen LogP contribution in [0, 0.1) is 5.92 Å². The Morgan fingerprint density at radius 1 is 1.07 bits per heavy atom. The highest BCUT2D eigenvalue weighted by atomic mass is 35.5. The third-order valence-corrected chi connectivity index (χ3v) is 8.18. The number of ether oxygens (including phenoxy) is 1. The highest BCUT2D eigenvalue weighted by Crippen LogP contribution is 2.35. The van der Waals surface area contributed by atoms with Crippen molar-refractivity contribution in [2.24, 2.45) is 5.92 Å². The molecule has 0 radical (unpaired) electrons. The van der Waals surface area contributed by atoms with Gasteiger partial charge in [-0.25, -0.2) is 0 Å². The van der Waals surface area contributed by atoms with Crippen molar-refractivity contribution in [1.29, 1.82) is 0 Å². The number of hydrogen-bond acceptors (Lipinski definition) is 6. The van der Waals surface area contributed by atoms with E-state index in [0.29, 0.717) is 56.0 Å². The molecule has 2 atom stereocenters. The summed E-state index contributed by atoms with van der Waals surface area (Å²) in [6, 6.07) is 14.0. The Hall–Kier alpha value is -3.14. The molecule has 0 unspecified atom stereocenters. The number of nitrogens with one attached hydrogen (secondary N) is 2. The summed E-state index contributed by atoms with van der Waals surface area (Å²) in [5.41, 5.74) is 0.847. The van der Waals surface area contributed by atoms with Gasteiger partial charge in [0, 0.05) is 38.8 Å². The molecular formula is C32H45ClN4O5. The fourth-order valence-electron chi connectivity index (χ4n) is 5.81. The fraction of sp³-hybridized carbons (Fsp3) is 0.531. The van der Waals surface area contributed by atoms with Gasteiger partial charge >= 0.3 is 0 Å². The molecule has 2 aliphatic rings. The van der Waals surface area contributed by atoms with E-state index in [0.717, 1.165) is 24.9 Å². The lowest BCUT2D eigenvalue weighted by Gasteiger charge is -2.52. The molecule has 2 heterocycles. The van der Waals surface area contributed by atoms with Crippen LogP contribution in [0.4, 0.5) is 0 Å². The molecule has 2 saturated heterocycles. The maximum atomic E-state index is 13.6. The van der Waals surface area contributed by atoms with Gasteiger partial charge in [0.2, 0.25) is 11.8 Å². The lowest BCUT2D eigenvalue weighted by atomic mass is 9.80. The van der Waals surface area contributed by atoms with Crippen molar-refractivity contribution in [2.45, 2.75) is 77.1 Å². The quantitative estimate of drug-likeness (QED) is 0.358. The summed E-state index contributed by atoms with van der Waals surface area (Å²) in [5, 5.41) is 16.2. The SMILES string of the molecule is CCCCN1C(=O)[C@@H]([C@H](O)CC(C)C)NC(=O)C12CCN(Cc1ccc(Oc3ccc(C(=O)NC)cc3)cc1)CC2.Cl. The number of hydrogen-bond donors (Lipinski definition) is 3. The van der Waals surface area contributed by atoms with Crippen LogP contribution in [0.3, 0.4) is 0 Å². The summed E-state index contributed by atoms with van der Waals surface area (Å²) in [5.74, 6) is 1.15. The molecule has 42 heavy (non-hydrogen) atoms. The molecule has 0 saturated carbocycles. The van der Waals surface area contributed by atoms with E-state index in [1.165, 1.54) is 0 Å². The Morgan fingerprint density at radius 3 is 2.21 bits per heavy atom. The van der Waals surface area contributed by atoms with Crippen LogP contribution in [0.15, 0.2) is 48.5 Å². The number of carbonyl (C=O) groups excluding carboxylic acids is 3. The zero-order valence-electron chi connectivity index (χ0n) is 25.1. The number of nitrogens with zero attached hydrogens (tertiary/aromatic N) is 2. The largest absolute Gasteiger partial charge is 0.457 e. The zero-order valence-corrected chi connectivity index (χ0v) is 25.9. The van der Waals surface area contributed by atoms with Crippen LogP contribution >= 0.6 is 12.4 Å². The number of piperidine rings is 1. The average molecular weight is 601 g/mol. The molecule has 3 amide bonds. The number of unbranched alkanes of at least 4 members (excludes halogenated alkanes) is 1. The summed E-state index contributed by atoms with van der Waals surface area (Å²) in [6.45, 7) is 8.73. The number of halogens is 1. The predicted octanol–water partition coefficient (Wildman–Crippen LogP) is 4.13. The van der Waals surface area contributed by atoms with Gasteiger partial charge in [-0.05, 0) is 73.6 Å². The average Bonchev–Trinajstić information content (AvgIpc) is 2.96. The minimum atomic E-state index is -0.887. The van der Waals surface area contributed by atoms with Crippen LogP contribution in [0.25, 0.3) is 0 Å². The van der Waals surface area contributed by atoms with Crippen LogP contribution < -0.4 is 15.4 Å². The summed E-state index contributed by atoms with van der Waals surface area (Å²) >= 11 is 0. The number of aliphatic hydroxyl groups excluding tert-OH is 1. The van der Waals surface area contributed by atoms with E-state index in [1.807, 2.05) is 38.1 Å². The standard InChI is InChI=1S/C32H44N4O5.ClH/c1-5-6-17-36-30(39)28(27(37)20-22(2)3)34-31(40)32(36)15-18-35(19-16-32)21-23-7-11-25(12-8-23)41-26-13-9-24(10-14-26)29(38)33-4;/h7-14,22,27-28,37H,5-6,15-21H2,1-4H3,(H,33,38)(H,34,40);1H/t27-,28-;/m1./s1. The maximum Gasteiger partial charge on any atom is 0.251 e. The molecule has 2 aliphatic heterocycles. The van der Waals surface area contributed by atoms with E-state index in [2.05, 4.69) is 22.5 Å². The Morgan fingerprint density at radius 2 is 1.67 bits per heavy atom. The van der Waals surface area contributed by atoms with Crippen LogP contribution in [-0.4, -0.2) is 77.0 Å². The van der Waals surface area contributed by atoms with Crippen molar-refractivity contribution in [2.75, 3.05) is 26.7 Å². The lowest BCUT2D eigenvalue weighted by Crippen LogP contribution is -2.74. The van der Waals surface area contributed by atoms with Gasteiger partial charge in [0.15, 0.2) is 0 Å². The van der Waals surface area contributed by atoms with Gasteiger partial charge in [-0.3, -0.25) is 19.3 Å². The van der Waals surface area contributed by atoms with Crippen LogP contribution in [0.1, 0.15) is 68.8 Å². The highest BCUT2D eigenvalue weighted by Gasteiger charge is 2.54. The van der Waals surface area contributed by atoms with Gasteiger partial charge in [-0.15, -0.1) is 12.4 Å². The summed E-state index contributed by atoms with van der Waals surface area (Å²) in [4.78, 5) is 42.9. The van der Waals surface area contributed by atoms with Crippen LogP contribution in [-0.2, 0) is 16.1 Å². The van der Waals surface area contributed by atoms with Crippen molar-refractivity contribution >= 4 is 30.1 Å². The first-order valence-corrected chi connectivity index (χ1v) is 14.8. The number of benzene rings is 2. The summed E-state index contributed by atoms with van der Waals surface area (Å²) < 4.78 is 5.93. The summed E-state index contributed by atoms with van der Waals surface area (Å²) in [7, 11) is 1.60. The number of piperazine rings is 1. The van der Waals surface area contributed by atoms with E-state index in [9.17, 15) is 19.5 Å². The molecule has 9 nitrogen and oxygen atoms in total. The third-order valence-electron chi connectivity index (χ3n) is 8.18. The second-order valence-corrected chi connectivity index (χ2v) is 11.6. The van der Waals surface area contributed by atoms with E-state index in [1.54, 1.807) is 36.2 Å². The first-order chi connectivity index (χ1) is 19.7. The Labute approximate surface area is 255 Å². The molecule has 4 rings (SSSR count). The van der Waals surface area contributed by atoms with E-state index in [-0.39, 0.29) is 36.0 Å². The predicted molar refractivity (Wildman–Crippen MR) is 165 cm³/mol. The monoisotopic (exact) mass is 600 g/mol. The van der Waals surface area contributed by atoms with Crippen LogP contribution in [0.2, 0.25) is 0 Å². The van der Waals surface area contributed by atoms with Crippen LogP contribution in [0.5, 0.6) is 11.5 Å². The van der Waals surface area contributed by atoms with Gasteiger partial charge in [-0.2, -0.15) is 0 Å². The Kier molecular flexibility index (Phi) is 11.8. The highest BCUT2D eigenvalue weighted by molar-refractivity contribution is 6.00. The van der Waals surface area contributed by atoms with Gasteiger partial charge in [0.25, 0.3) is 5.91 Å². The Bertz CT molecular complexity index is 1200. The zero-order chi connectivity index (χ0) is 29.6. The molecule has 230 valence electrons. The van der Waals surface area contributed by atoms with Gasteiger partial charge in [0.05, 0.1) is 6.10 Å². The molecule has 0 aliphatic carbocycles. The molecule has 2 fully saturated rings. The first-order valence-electron chi connectivity index (χ1n) is 14.8. The van der Waals surface area contributed by atoms with Crippen molar-refractivity contribution < 1.29 is 24.2 Å². The minimum Gasteiger partial charge on any atom is -0.457 e. The fourth-order valence-corrected chi connectivity index (χ4v) is 5.81. The molecule has 2 aromatic carbocycles. The van der Waals surface area contributed by atoms with E-state index >= 15 is 0 Å². The van der Waals surface area contributed by atoms with Crippen molar-refractivity contribution in [3.63, 3.8) is 0 Å². The summed E-state index contributed by atoms with van der Waals surface area (Å²) in [6.07, 6.45) is 2.45. The lowest BCUT2D eigenvalue weighted by molar-refractivity contribution is -0.164. The maximum absolute atomic E-state index is 13.6. The number of amides is 3. The van der Waals surface area contributed by atoms with Gasteiger partial charge in [-0.1, -0.05) is 39.3 Å². The number of rotatable bonds is 11. The number of aliphatic hydroxyl groups is 1. The minimum absolute atomic E-state index is 0. The van der Waals surface area contributed by atoms with Crippen molar-refractivity contribution in [1.82, 2.24) is 20.4 Å². The third kappa shape index (κ3) is 7.62. The second-order valence-electron chi connectivity index (χ2n) is 11.6. The topological polar surface area (TPSA) is 111 Å². The molecule has 10 heteroatoms. The van der Waals surface area contributed by atoms with E-state index < -0.39 is 17.7 Å². The van der Waals surface area contributed by atoms with Crippen molar-refractivity contribution in [3.05, 3.63) is 59.7 Å². The van der Waals surface area contributed by atoms with Crippen molar-refractivity contribution in [3.8, 4) is 11.5 Å². The molecule has 1 spiro atoms. The molecule has 0 bridgehead atoms. The second kappa shape index (κ2) is 14.8. The molecule has 2 aromatic rings. The van der Waals surface area contributed by atoms with Gasteiger partial charge < -0.3 is 25.4 Å². The molecule has 0 aromatic heterocycles. The molecular weight excluding hydrogens is 556 g/mol. The first kappa shape index (κ1) is 33.4. The van der Waals surface area contributed by atoms with E-state index in [4.69, 9.17) is 4.74 Å². The smallest absolute Gasteiger partial charge is 0.251 e. The normalized spacial score (nSPS) is 19.3. The van der Waals surface area contributed by atoms with Gasteiger partial charge in [0.1, 0.15) is 23.1 Å².